The molecule has 2 aromatic rings. The van der Waals surface area contributed by atoms with Gasteiger partial charge in [0.2, 0.25) is 5.88 Å². The average Bonchev–Trinajstić information content (AvgIpc) is 2.46. The number of azo groups is 1. The summed E-state index contributed by atoms with van der Waals surface area (Å²) in [5, 5.41) is 17.9. The Balaban J connectivity index is 0.00000288. The van der Waals surface area contributed by atoms with Gasteiger partial charge in [-0.15, -0.1) is 5.11 Å². The van der Waals surface area contributed by atoms with Crippen molar-refractivity contribution in [1.82, 2.24) is 4.57 Å². The summed E-state index contributed by atoms with van der Waals surface area (Å²) < 4.78 is 33.7. The normalized spacial score (nSPS) is 11.5. The molecule has 0 spiro atoms. The number of aromatic nitrogens is 1. The van der Waals surface area contributed by atoms with E-state index in [2.05, 4.69) is 10.2 Å². The molecular weight excluding hydrogens is 361 g/mol. The Morgan fingerprint density at radius 2 is 1.79 bits per heavy atom. The first-order chi connectivity index (χ1) is 10.7. The second kappa shape index (κ2) is 8.47. The zero-order chi connectivity index (χ0) is 17.2. The van der Waals surface area contributed by atoms with E-state index in [1.807, 2.05) is 0 Å². The van der Waals surface area contributed by atoms with Gasteiger partial charge in [0.15, 0.2) is 0 Å². The van der Waals surface area contributed by atoms with Gasteiger partial charge in [-0.05, 0) is 43.7 Å². The molecule has 0 fully saturated rings. The molecule has 0 bridgehead atoms. The number of benzene rings is 1. The van der Waals surface area contributed by atoms with E-state index in [9.17, 15) is 22.9 Å². The average molecular weight is 375 g/mol. The summed E-state index contributed by atoms with van der Waals surface area (Å²) in [6.45, 7) is 3.60. The molecule has 0 aliphatic rings. The number of pyridine rings is 1. The smallest absolute Gasteiger partial charge is 0.744 e. The second-order valence-electron chi connectivity index (χ2n) is 4.73. The van der Waals surface area contributed by atoms with Crippen LogP contribution < -0.4 is 56.9 Å². The Bertz CT molecular complexity index is 921. The molecule has 0 amide bonds. The van der Waals surface area contributed by atoms with Crippen LogP contribution in [0.5, 0.6) is 5.88 Å². The molecule has 8 nitrogen and oxygen atoms in total. The third-order valence-corrected chi connectivity index (χ3v) is 4.00. The van der Waals surface area contributed by atoms with Gasteiger partial charge >= 0.3 is 51.4 Å². The van der Waals surface area contributed by atoms with Crippen LogP contribution in [0.25, 0.3) is 0 Å². The Labute approximate surface area is 181 Å². The molecule has 1 heterocycles. The number of rotatable bonds is 4. The zero-order valence-corrected chi connectivity index (χ0v) is 17.4. The maximum atomic E-state index is 11.7. The maximum absolute atomic E-state index is 11.7. The first kappa shape index (κ1) is 21.2. The SMILES string of the molecule is CCn1c(O)c(N=Nc2ccc(S(=O)(=O)[O-])cc2)c(C)cc1=O.[K+]. The van der Waals surface area contributed by atoms with E-state index in [1.165, 1.54) is 18.2 Å². The van der Waals surface area contributed by atoms with E-state index in [-0.39, 0.29) is 80.0 Å². The first-order valence-electron chi connectivity index (χ1n) is 6.65. The van der Waals surface area contributed by atoms with Crippen molar-refractivity contribution < 1.29 is 69.5 Å². The van der Waals surface area contributed by atoms with Crippen molar-refractivity contribution in [2.24, 2.45) is 10.2 Å². The molecule has 24 heavy (non-hydrogen) atoms. The summed E-state index contributed by atoms with van der Waals surface area (Å²) in [6, 6.07) is 6.21. The van der Waals surface area contributed by atoms with Crippen molar-refractivity contribution in [1.29, 1.82) is 0 Å². The van der Waals surface area contributed by atoms with Crippen LogP contribution in [0.1, 0.15) is 12.5 Å². The number of aromatic hydroxyl groups is 1. The fourth-order valence-corrected chi connectivity index (χ4v) is 2.43. The van der Waals surface area contributed by atoms with Crippen molar-refractivity contribution in [3.05, 3.63) is 46.2 Å². The zero-order valence-electron chi connectivity index (χ0n) is 13.4. The van der Waals surface area contributed by atoms with E-state index >= 15 is 0 Å². The number of hydrogen-bond donors (Lipinski definition) is 1. The van der Waals surface area contributed by atoms with Gasteiger partial charge in [-0.3, -0.25) is 9.36 Å². The van der Waals surface area contributed by atoms with Crippen molar-refractivity contribution in [2.75, 3.05) is 0 Å². The van der Waals surface area contributed by atoms with Crippen molar-refractivity contribution in [3.8, 4) is 5.88 Å². The Kier molecular flexibility index (Phi) is 7.47. The van der Waals surface area contributed by atoms with Crippen molar-refractivity contribution in [3.63, 3.8) is 0 Å². The van der Waals surface area contributed by atoms with Gasteiger partial charge in [-0.1, -0.05) is 0 Å². The number of hydrogen-bond acceptors (Lipinski definition) is 7. The fraction of sp³-hybridized carbons (Fsp3) is 0.214. The van der Waals surface area contributed by atoms with Gasteiger partial charge in [-0.2, -0.15) is 5.11 Å². The van der Waals surface area contributed by atoms with Gasteiger partial charge in [0.05, 0.1) is 10.6 Å². The number of nitrogens with zero attached hydrogens (tertiary/aromatic N) is 3. The van der Waals surface area contributed by atoms with Crippen LogP contribution >= 0.6 is 0 Å². The van der Waals surface area contributed by atoms with Crippen LogP contribution in [0.3, 0.4) is 0 Å². The molecule has 122 valence electrons. The Morgan fingerprint density at radius 1 is 1.21 bits per heavy atom. The van der Waals surface area contributed by atoms with E-state index < -0.39 is 10.1 Å². The molecule has 0 aliphatic heterocycles. The predicted molar refractivity (Wildman–Crippen MR) is 81.4 cm³/mol. The quantitative estimate of drug-likeness (QED) is 0.426. The molecule has 0 aliphatic carbocycles. The van der Waals surface area contributed by atoms with Crippen LogP contribution in [0.4, 0.5) is 11.4 Å². The Hall–Kier alpha value is -0.884. The van der Waals surface area contributed by atoms with Crippen LogP contribution in [-0.2, 0) is 16.7 Å². The first-order valence-corrected chi connectivity index (χ1v) is 8.06. The molecule has 0 radical (unpaired) electrons. The summed E-state index contributed by atoms with van der Waals surface area (Å²) in [7, 11) is -4.51. The minimum atomic E-state index is -4.51. The van der Waals surface area contributed by atoms with E-state index in [0.29, 0.717) is 11.3 Å². The molecule has 1 aromatic carbocycles. The molecule has 1 aromatic heterocycles. The predicted octanol–water partition coefficient (Wildman–Crippen LogP) is -0.794. The van der Waals surface area contributed by atoms with Gasteiger partial charge in [0.25, 0.3) is 5.56 Å². The monoisotopic (exact) mass is 375 g/mol. The molecule has 0 saturated carbocycles. The van der Waals surface area contributed by atoms with E-state index in [4.69, 9.17) is 0 Å². The summed E-state index contributed by atoms with van der Waals surface area (Å²) in [6.07, 6.45) is 0. The van der Waals surface area contributed by atoms with Crippen molar-refractivity contribution in [2.45, 2.75) is 25.3 Å². The molecular formula is C14H14KN3O5S. The molecule has 2 rings (SSSR count). The third kappa shape index (κ3) is 4.82. The molecule has 10 heteroatoms. The van der Waals surface area contributed by atoms with Crippen LogP contribution in [0.2, 0.25) is 0 Å². The largest absolute Gasteiger partial charge is 1.00 e. The topological polar surface area (TPSA) is 124 Å². The van der Waals surface area contributed by atoms with Crippen LogP contribution in [-0.4, -0.2) is 22.6 Å². The summed E-state index contributed by atoms with van der Waals surface area (Å²) >= 11 is 0. The minimum Gasteiger partial charge on any atom is -0.744 e. The van der Waals surface area contributed by atoms with Gasteiger partial charge < -0.3 is 9.66 Å². The third-order valence-electron chi connectivity index (χ3n) is 3.15. The molecule has 0 atom stereocenters. The second-order valence-corrected chi connectivity index (χ2v) is 6.11. The van der Waals surface area contributed by atoms with E-state index in [0.717, 1.165) is 16.7 Å². The molecule has 0 unspecified atom stereocenters. The fourth-order valence-electron chi connectivity index (χ4n) is 1.96. The Morgan fingerprint density at radius 3 is 2.29 bits per heavy atom. The van der Waals surface area contributed by atoms with E-state index in [1.54, 1.807) is 13.8 Å². The van der Waals surface area contributed by atoms with Gasteiger partial charge in [0.1, 0.15) is 15.8 Å². The summed E-state index contributed by atoms with van der Waals surface area (Å²) in [4.78, 5) is 11.3. The number of aryl methyl sites for hydroxylation is 1. The molecule has 0 saturated heterocycles. The van der Waals surface area contributed by atoms with Crippen molar-refractivity contribution >= 4 is 21.5 Å². The van der Waals surface area contributed by atoms with Crippen LogP contribution in [0, 0.1) is 6.92 Å². The van der Waals surface area contributed by atoms with Gasteiger partial charge in [-0.25, -0.2) is 8.42 Å². The molecule has 1 N–H and O–H groups in total. The standard InChI is InChI=1S/C14H15N3O5S.K/c1-3-17-12(18)8-9(2)13(14(17)19)16-15-10-4-6-11(7-5-10)23(20,21)22;/h4-8,19H,3H2,1-2H3,(H,20,21,22);/q;+1/p-1. The van der Waals surface area contributed by atoms with Crippen LogP contribution in [0.15, 0.2) is 50.3 Å². The maximum Gasteiger partial charge on any atom is 1.00 e. The summed E-state index contributed by atoms with van der Waals surface area (Å²) in [5.41, 5.74) is 0.559. The summed E-state index contributed by atoms with van der Waals surface area (Å²) in [5.74, 6) is -0.292. The minimum absolute atomic E-state index is 0. The van der Waals surface area contributed by atoms with Gasteiger partial charge in [0, 0.05) is 12.6 Å².